The molecule has 1 amide bonds. The number of ether oxygens (including phenoxy) is 1. The Balaban J connectivity index is 2.16. The molecule has 0 aromatic heterocycles. The Bertz CT molecular complexity index is 638. The maximum Gasteiger partial charge on any atom is 0.255 e. The van der Waals surface area contributed by atoms with Gasteiger partial charge in [-0.25, -0.2) is 0 Å². The maximum atomic E-state index is 12.3. The molecular formula is C17H20N2O2. The first-order valence-corrected chi connectivity index (χ1v) is 6.89. The van der Waals surface area contributed by atoms with Crippen LogP contribution in [-0.2, 0) is 6.42 Å². The molecule has 0 spiro atoms. The van der Waals surface area contributed by atoms with E-state index in [1.165, 1.54) is 0 Å². The SMILES string of the molecule is COc1ccc(NC(=O)c2cccc(CCN)c2)c(C)c1. The van der Waals surface area contributed by atoms with Crippen molar-refractivity contribution in [3.8, 4) is 5.75 Å². The lowest BCUT2D eigenvalue weighted by Gasteiger charge is -2.10. The first-order valence-electron chi connectivity index (χ1n) is 6.89. The number of carbonyl (C=O) groups is 1. The fourth-order valence-electron chi connectivity index (χ4n) is 2.13. The third-order valence-electron chi connectivity index (χ3n) is 3.30. The van der Waals surface area contributed by atoms with Gasteiger partial charge >= 0.3 is 0 Å². The average Bonchev–Trinajstić information content (AvgIpc) is 2.50. The van der Waals surface area contributed by atoms with Crippen LogP contribution in [0.5, 0.6) is 5.75 Å². The number of rotatable bonds is 5. The Morgan fingerprint density at radius 2 is 2.05 bits per heavy atom. The number of anilines is 1. The second kappa shape index (κ2) is 6.90. The van der Waals surface area contributed by atoms with Crippen molar-refractivity contribution in [3.05, 3.63) is 59.2 Å². The molecule has 0 saturated carbocycles. The molecule has 21 heavy (non-hydrogen) atoms. The van der Waals surface area contributed by atoms with Crippen LogP contribution in [0.1, 0.15) is 21.5 Å². The number of nitrogens with one attached hydrogen (secondary N) is 1. The predicted molar refractivity (Wildman–Crippen MR) is 84.9 cm³/mol. The second-order valence-electron chi connectivity index (χ2n) is 4.87. The molecule has 2 aromatic rings. The molecule has 2 aromatic carbocycles. The summed E-state index contributed by atoms with van der Waals surface area (Å²) < 4.78 is 5.16. The Kier molecular flexibility index (Phi) is 4.95. The highest BCUT2D eigenvalue weighted by atomic mass is 16.5. The van der Waals surface area contributed by atoms with Gasteiger partial charge in [0.2, 0.25) is 0 Å². The number of hydrogen-bond acceptors (Lipinski definition) is 3. The Morgan fingerprint density at radius 3 is 2.71 bits per heavy atom. The van der Waals surface area contributed by atoms with E-state index < -0.39 is 0 Å². The summed E-state index contributed by atoms with van der Waals surface area (Å²) >= 11 is 0. The van der Waals surface area contributed by atoms with Crippen molar-refractivity contribution in [3.63, 3.8) is 0 Å². The predicted octanol–water partition coefficient (Wildman–Crippen LogP) is 2.76. The summed E-state index contributed by atoms with van der Waals surface area (Å²) in [6.07, 6.45) is 0.767. The van der Waals surface area contributed by atoms with Gasteiger partial charge in [0.25, 0.3) is 5.91 Å². The zero-order valence-electron chi connectivity index (χ0n) is 12.3. The first-order chi connectivity index (χ1) is 10.1. The van der Waals surface area contributed by atoms with E-state index in [1.54, 1.807) is 13.2 Å². The summed E-state index contributed by atoms with van der Waals surface area (Å²) in [6.45, 7) is 2.51. The van der Waals surface area contributed by atoms with Gasteiger partial charge in [-0.05, 0) is 61.3 Å². The van der Waals surface area contributed by atoms with Crippen LogP contribution in [0.15, 0.2) is 42.5 Å². The third-order valence-corrected chi connectivity index (χ3v) is 3.30. The van der Waals surface area contributed by atoms with E-state index in [-0.39, 0.29) is 5.91 Å². The molecule has 0 atom stereocenters. The highest BCUT2D eigenvalue weighted by Crippen LogP contribution is 2.21. The molecule has 4 heteroatoms. The van der Waals surface area contributed by atoms with Crippen LogP contribution in [0, 0.1) is 6.92 Å². The van der Waals surface area contributed by atoms with Gasteiger partial charge in [0.05, 0.1) is 7.11 Å². The van der Waals surface area contributed by atoms with Crippen LogP contribution in [0.25, 0.3) is 0 Å². The topological polar surface area (TPSA) is 64.3 Å². The molecule has 4 nitrogen and oxygen atoms in total. The number of hydrogen-bond donors (Lipinski definition) is 2. The second-order valence-corrected chi connectivity index (χ2v) is 4.87. The van der Waals surface area contributed by atoms with Gasteiger partial charge in [-0.3, -0.25) is 4.79 Å². The number of carbonyl (C=O) groups excluding carboxylic acids is 1. The van der Waals surface area contributed by atoms with E-state index in [2.05, 4.69) is 5.32 Å². The Morgan fingerprint density at radius 1 is 1.24 bits per heavy atom. The Hall–Kier alpha value is -2.33. The van der Waals surface area contributed by atoms with E-state index in [0.29, 0.717) is 12.1 Å². The zero-order valence-corrected chi connectivity index (χ0v) is 12.3. The van der Waals surface area contributed by atoms with E-state index in [1.807, 2.05) is 43.3 Å². The molecule has 0 unspecified atom stereocenters. The molecule has 0 radical (unpaired) electrons. The zero-order chi connectivity index (χ0) is 15.2. The molecule has 3 N–H and O–H groups in total. The Labute approximate surface area is 124 Å². The van der Waals surface area contributed by atoms with Crippen LogP contribution in [0.4, 0.5) is 5.69 Å². The summed E-state index contributed by atoms with van der Waals surface area (Å²) in [4.78, 5) is 12.3. The van der Waals surface area contributed by atoms with Gasteiger partial charge in [-0.2, -0.15) is 0 Å². The van der Waals surface area contributed by atoms with Crippen LogP contribution < -0.4 is 15.8 Å². The molecule has 0 bridgehead atoms. The smallest absolute Gasteiger partial charge is 0.255 e. The number of benzene rings is 2. The summed E-state index contributed by atoms with van der Waals surface area (Å²) in [6, 6.07) is 13.1. The van der Waals surface area contributed by atoms with Crippen molar-refractivity contribution in [2.24, 2.45) is 5.73 Å². The minimum absolute atomic E-state index is 0.123. The van der Waals surface area contributed by atoms with E-state index >= 15 is 0 Å². The fourth-order valence-corrected chi connectivity index (χ4v) is 2.13. The van der Waals surface area contributed by atoms with Crippen LogP contribution in [0.2, 0.25) is 0 Å². The molecule has 110 valence electrons. The largest absolute Gasteiger partial charge is 0.497 e. The highest BCUT2D eigenvalue weighted by Gasteiger charge is 2.09. The lowest BCUT2D eigenvalue weighted by molar-refractivity contribution is 0.102. The van der Waals surface area contributed by atoms with E-state index in [4.69, 9.17) is 10.5 Å². The van der Waals surface area contributed by atoms with Gasteiger partial charge < -0.3 is 15.8 Å². The maximum absolute atomic E-state index is 12.3. The van der Waals surface area contributed by atoms with Crippen molar-refractivity contribution in [1.29, 1.82) is 0 Å². The normalized spacial score (nSPS) is 10.2. The summed E-state index contributed by atoms with van der Waals surface area (Å²) in [5.74, 6) is 0.651. The summed E-state index contributed by atoms with van der Waals surface area (Å²) in [7, 11) is 1.62. The van der Waals surface area contributed by atoms with Crippen molar-refractivity contribution in [1.82, 2.24) is 0 Å². The molecule has 0 aliphatic heterocycles. The molecule has 0 aliphatic carbocycles. The van der Waals surface area contributed by atoms with Crippen LogP contribution >= 0.6 is 0 Å². The quantitative estimate of drug-likeness (QED) is 0.887. The molecule has 0 fully saturated rings. The third kappa shape index (κ3) is 3.83. The molecule has 0 saturated heterocycles. The lowest BCUT2D eigenvalue weighted by atomic mass is 10.1. The highest BCUT2D eigenvalue weighted by molar-refractivity contribution is 6.04. The number of amides is 1. The molecule has 2 rings (SSSR count). The average molecular weight is 284 g/mol. The number of nitrogens with two attached hydrogens (primary N) is 1. The molecule has 0 aliphatic rings. The molecule has 0 heterocycles. The summed E-state index contributed by atoms with van der Waals surface area (Å²) in [5, 5.41) is 2.92. The van der Waals surface area contributed by atoms with E-state index in [0.717, 1.165) is 29.0 Å². The number of methoxy groups -OCH3 is 1. The minimum Gasteiger partial charge on any atom is -0.497 e. The van der Waals surface area contributed by atoms with Gasteiger partial charge in [0, 0.05) is 11.3 Å². The van der Waals surface area contributed by atoms with Gasteiger partial charge in [0.15, 0.2) is 0 Å². The fraction of sp³-hybridized carbons (Fsp3) is 0.235. The van der Waals surface area contributed by atoms with Crippen LogP contribution in [0.3, 0.4) is 0 Å². The minimum atomic E-state index is -0.123. The van der Waals surface area contributed by atoms with Crippen molar-refractivity contribution in [2.75, 3.05) is 19.0 Å². The number of aryl methyl sites for hydroxylation is 1. The van der Waals surface area contributed by atoms with Crippen LogP contribution in [-0.4, -0.2) is 19.6 Å². The van der Waals surface area contributed by atoms with Gasteiger partial charge in [-0.15, -0.1) is 0 Å². The van der Waals surface area contributed by atoms with Crippen molar-refractivity contribution in [2.45, 2.75) is 13.3 Å². The molecular weight excluding hydrogens is 264 g/mol. The summed E-state index contributed by atoms with van der Waals surface area (Å²) in [5.41, 5.74) is 8.99. The van der Waals surface area contributed by atoms with E-state index in [9.17, 15) is 4.79 Å². The van der Waals surface area contributed by atoms with Crippen molar-refractivity contribution >= 4 is 11.6 Å². The van der Waals surface area contributed by atoms with Crippen molar-refractivity contribution < 1.29 is 9.53 Å². The lowest BCUT2D eigenvalue weighted by Crippen LogP contribution is -2.13. The van der Waals surface area contributed by atoms with Gasteiger partial charge in [-0.1, -0.05) is 12.1 Å². The van der Waals surface area contributed by atoms with Gasteiger partial charge in [0.1, 0.15) is 5.75 Å². The first kappa shape index (κ1) is 15.1. The monoisotopic (exact) mass is 284 g/mol. The standard InChI is InChI=1S/C17H20N2O2/c1-12-10-15(21-2)6-7-16(12)19-17(20)14-5-3-4-13(11-14)8-9-18/h3-7,10-11H,8-9,18H2,1-2H3,(H,19,20).